The van der Waals surface area contributed by atoms with Gasteiger partial charge in [-0.2, -0.15) is 0 Å². The molecule has 28 heavy (non-hydrogen) atoms. The van der Waals surface area contributed by atoms with Crippen LogP contribution in [0.3, 0.4) is 0 Å². The first-order valence-corrected chi connectivity index (χ1v) is 10.5. The summed E-state index contributed by atoms with van der Waals surface area (Å²) in [4.78, 5) is 27.6. The standard InChI is InChI=1S/C21H24ClFN2O2S/c1-3-24-21(27)15(2)25(14-16-6-4-5-7-19(16)23)20(26)12-13-28-18-10-8-17(22)9-11-18/h4-11,15H,3,12-14H2,1-2H3,(H,24,27)/t15-/m1/s1. The quantitative estimate of drug-likeness (QED) is 0.604. The summed E-state index contributed by atoms with van der Waals surface area (Å²) < 4.78 is 14.1. The van der Waals surface area contributed by atoms with Gasteiger partial charge in [-0.3, -0.25) is 9.59 Å². The molecule has 2 amide bonds. The maximum atomic E-state index is 14.1. The molecule has 2 rings (SSSR count). The summed E-state index contributed by atoms with van der Waals surface area (Å²) in [6.07, 6.45) is 0.242. The van der Waals surface area contributed by atoms with Crippen molar-refractivity contribution in [2.24, 2.45) is 0 Å². The molecule has 0 saturated carbocycles. The second-order valence-electron chi connectivity index (χ2n) is 6.24. The molecule has 0 aliphatic heterocycles. The van der Waals surface area contributed by atoms with E-state index in [-0.39, 0.29) is 30.6 Å². The Morgan fingerprint density at radius 1 is 1.18 bits per heavy atom. The molecular formula is C21H24ClFN2O2S. The first-order chi connectivity index (χ1) is 13.4. The van der Waals surface area contributed by atoms with Crippen LogP contribution in [0, 0.1) is 5.82 Å². The van der Waals surface area contributed by atoms with Crippen LogP contribution in [0.5, 0.6) is 0 Å². The van der Waals surface area contributed by atoms with Crippen molar-refractivity contribution in [2.75, 3.05) is 12.3 Å². The maximum Gasteiger partial charge on any atom is 0.242 e. The van der Waals surface area contributed by atoms with Gasteiger partial charge in [-0.05, 0) is 44.2 Å². The number of carbonyl (C=O) groups excluding carboxylic acids is 2. The highest BCUT2D eigenvalue weighted by molar-refractivity contribution is 7.99. The van der Waals surface area contributed by atoms with Crippen molar-refractivity contribution in [3.05, 3.63) is 64.9 Å². The van der Waals surface area contributed by atoms with Crippen LogP contribution in [0.25, 0.3) is 0 Å². The van der Waals surface area contributed by atoms with Gasteiger partial charge in [0.25, 0.3) is 0 Å². The van der Waals surface area contributed by atoms with Gasteiger partial charge in [0.15, 0.2) is 0 Å². The summed E-state index contributed by atoms with van der Waals surface area (Å²) in [5.41, 5.74) is 0.386. The fraction of sp³-hybridized carbons (Fsp3) is 0.333. The number of benzene rings is 2. The van der Waals surface area contributed by atoms with Crippen LogP contribution in [0.2, 0.25) is 5.02 Å². The molecule has 4 nitrogen and oxygen atoms in total. The van der Waals surface area contributed by atoms with Crippen LogP contribution >= 0.6 is 23.4 Å². The van der Waals surface area contributed by atoms with Gasteiger partial charge >= 0.3 is 0 Å². The Balaban J connectivity index is 2.06. The number of rotatable bonds is 9. The molecule has 1 N–H and O–H groups in total. The van der Waals surface area contributed by atoms with Gasteiger partial charge in [0.05, 0.1) is 0 Å². The minimum absolute atomic E-state index is 0.0510. The van der Waals surface area contributed by atoms with Crippen molar-refractivity contribution in [3.63, 3.8) is 0 Å². The molecule has 0 aliphatic carbocycles. The number of thioether (sulfide) groups is 1. The van der Waals surface area contributed by atoms with Crippen molar-refractivity contribution < 1.29 is 14.0 Å². The van der Waals surface area contributed by atoms with Gasteiger partial charge in [-0.1, -0.05) is 29.8 Å². The number of nitrogens with one attached hydrogen (secondary N) is 1. The fourth-order valence-corrected chi connectivity index (χ4v) is 3.61. The van der Waals surface area contributed by atoms with Gasteiger partial charge in [0, 0.05) is 40.7 Å². The molecule has 0 unspecified atom stereocenters. The Bertz CT molecular complexity index is 801. The summed E-state index contributed by atoms with van der Waals surface area (Å²) in [6, 6.07) is 13.0. The average Bonchev–Trinajstić information content (AvgIpc) is 2.68. The molecule has 0 radical (unpaired) electrons. The predicted octanol–water partition coefficient (Wildman–Crippen LogP) is 4.51. The highest BCUT2D eigenvalue weighted by Gasteiger charge is 2.26. The van der Waals surface area contributed by atoms with Gasteiger partial charge in [-0.15, -0.1) is 11.8 Å². The van der Waals surface area contributed by atoms with E-state index in [9.17, 15) is 14.0 Å². The molecule has 0 saturated heterocycles. The van der Waals surface area contributed by atoms with Gasteiger partial charge in [-0.25, -0.2) is 4.39 Å². The smallest absolute Gasteiger partial charge is 0.242 e. The lowest BCUT2D eigenvalue weighted by Crippen LogP contribution is -2.47. The summed E-state index contributed by atoms with van der Waals surface area (Å²) in [5.74, 6) is -0.281. The number of carbonyl (C=O) groups is 2. The monoisotopic (exact) mass is 422 g/mol. The zero-order valence-electron chi connectivity index (χ0n) is 16.0. The molecule has 0 aromatic heterocycles. The maximum absolute atomic E-state index is 14.1. The fourth-order valence-electron chi connectivity index (χ4n) is 2.65. The van der Waals surface area contributed by atoms with E-state index in [0.717, 1.165) is 4.90 Å². The molecule has 0 aliphatic rings. The number of likely N-dealkylation sites (N-methyl/N-ethyl adjacent to an activating group) is 1. The SMILES string of the molecule is CCNC(=O)[C@@H](C)N(Cc1ccccc1F)C(=O)CCSc1ccc(Cl)cc1. The zero-order chi connectivity index (χ0) is 20.5. The molecule has 150 valence electrons. The van der Waals surface area contributed by atoms with E-state index in [1.165, 1.54) is 22.7 Å². The zero-order valence-corrected chi connectivity index (χ0v) is 17.5. The Hall–Kier alpha value is -2.05. The summed E-state index contributed by atoms with van der Waals surface area (Å²) in [7, 11) is 0. The molecule has 0 heterocycles. The van der Waals surface area contributed by atoms with Gasteiger partial charge in [0.2, 0.25) is 11.8 Å². The van der Waals surface area contributed by atoms with E-state index in [1.54, 1.807) is 37.3 Å². The Morgan fingerprint density at radius 2 is 1.86 bits per heavy atom. The lowest BCUT2D eigenvalue weighted by molar-refractivity contribution is -0.140. The topological polar surface area (TPSA) is 49.4 Å². The van der Waals surface area contributed by atoms with Crippen molar-refractivity contribution in [3.8, 4) is 0 Å². The Labute approximate surface area is 174 Å². The van der Waals surface area contributed by atoms with E-state index in [0.29, 0.717) is 22.9 Å². The number of nitrogens with zero attached hydrogens (tertiary/aromatic N) is 1. The largest absolute Gasteiger partial charge is 0.355 e. The summed E-state index contributed by atoms with van der Waals surface area (Å²) >= 11 is 7.41. The predicted molar refractivity (Wildman–Crippen MR) is 112 cm³/mol. The molecular weight excluding hydrogens is 399 g/mol. The number of hydrogen-bond acceptors (Lipinski definition) is 3. The van der Waals surface area contributed by atoms with Crippen molar-refractivity contribution in [1.29, 1.82) is 0 Å². The van der Waals surface area contributed by atoms with Crippen molar-refractivity contribution in [2.45, 2.75) is 37.8 Å². The van der Waals surface area contributed by atoms with E-state index >= 15 is 0 Å². The van der Waals surface area contributed by atoms with Crippen LogP contribution in [0.15, 0.2) is 53.4 Å². The molecule has 2 aromatic rings. The third-order valence-corrected chi connectivity index (χ3v) is 5.48. The molecule has 7 heteroatoms. The third kappa shape index (κ3) is 6.53. The third-order valence-electron chi connectivity index (χ3n) is 4.22. The van der Waals surface area contributed by atoms with Crippen LogP contribution in [0.1, 0.15) is 25.8 Å². The Morgan fingerprint density at radius 3 is 2.50 bits per heavy atom. The lowest BCUT2D eigenvalue weighted by atomic mass is 10.1. The second-order valence-corrected chi connectivity index (χ2v) is 7.84. The highest BCUT2D eigenvalue weighted by atomic mass is 35.5. The lowest BCUT2D eigenvalue weighted by Gasteiger charge is -2.29. The molecule has 2 aromatic carbocycles. The van der Waals surface area contributed by atoms with E-state index in [4.69, 9.17) is 11.6 Å². The molecule has 0 fully saturated rings. The van der Waals surface area contributed by atoms with Crippen molar-refractivity contribution >= 4 is 35.2 Å². The first kappa shape index (κ1) is 22.2. The van der Waals surface area contributed by atoms with Crippen LogP contribution in [0.4, 0.5) is 4.39 Å². The summed E-state index contributed by atoms with van der Waals surface area (Å²) in [5, 5.41) is 3.38. The molecule has 1 atom stereocenters. The number of amides is 2. The number of halogens is 2. The van der Waals surface area contributed by atoms with E-state index in [2.05, 4.69) is 5.32 Å². The highest BCUT2D eigenvalue weighted by Crippen LogP contribution is 2.22. The summed E-state index contributed by atoms with van der Waals surface area (Å²) in [6.45, 7) is 4.00. The minimum atomic E-state index is -0.687. The van der Waals surface area contributed by atoms with Crippen LogP contribution in [-0.4, -0.2) is 35.1 Å². The minimum Gasteiger partial charge on any atom is -0.355 e. The number of hydrogen-bond donors (Lipinski definition) is 1. The average molecular weight is 423 g/mol. The van der Waals surface area contributed by atoms with Crippen LogP contribution < -0.4 is 5.32 Å². The molecule has 0 bridgehead atoms. The normalized spacial score (nSPS) is 11.7. The van der Waals surface area contributed by atoms with Crippen molar-refractivity contribution in [1.82, 2.24) is 10.2 Å². The van der Waals surface area contributed by atoms with E-state index in [1.807, 2.05) is 19.1 Å². The van der Waals surface area contributed by atoms with Gasteiger partial charge in [0.1, 0.15) is 11.9 Å². The van der Waals surface area contributed by atoms with Crippen LogP contribution in [-0.2, 0) is 16.1 Å². The molecule has 0 spiro atoms. The Kier molecular flexibility index (Phi) is 8.80. The first-order valence-electron chi connectivity index (χ1n) is 9.11. The second kappa shape index (κ2) is 11.1. The van der Waals surface area contributed by atoms with E-state index < -0.39 is 6.04 Å². The van der Waals surface area contributed by atoms with Gasteiger partial charge < -0.3 is 10.2 Å².